The largest absolute Gasteiger partial charge is 0.496 e. The monoisotopic (exact) mass is 470 g/mol. The van der Waals surface area contributed by atoms with Crippen LogP contribution in [0.15, 0.2) is 72.9 Å². The van der Waals surface area contributed by atoms with Gasteiger partial charge in [-0.15, -0.1) is 0 Å². The molecule has 0 radical (unpaired) electrons. The van der Waals surface area contributed by atoms with Crippen LogP contribution in [0, 0.1) is 0 Å². The summed E-state index contributed by atoms with van der Waals surface area (Å²) >= 11 is 0. The van der Waals surface area contributed by atoms with E-state index in [1.165, 1.54) is 0 Å². The molecule has 1 fully saturated rings. The highest BCUT2D eigenvalue weighted by Crippen LogP contribution is 2.41. The van der Waals surface area contributed by atoms with E-state index in [0.717, 1.165) is 59.8 Å². The van der Waals surface area contributed by atoms with Gasteiger partial charge in [0.05, 0.1) is 12.5 Å². The van der Waals surface area contributed by atoms with Crippen LogP contribution < -0.4 is 9.47 Å². The minimum absolute atomic E-state index is 0.609. The molecule has 3 heterocycles. The first-order chi connectivity index (χ1) is 17.1. The van der Waals surface area contributed by atoms with Gasteiger partial charge in [0.2, 0.25) is 5.88 Å². The number of fused-ring (bicyclic) bond motifs is 2. The van der Waals surface area contributed by atoms with Gasteiger partial charge in [0, 0.05) is 30.3 Å². The quantitative estimate of drug-likeness (QED) is 0.525. The van der Waals surface area contributed by atoms with Crippen molar-refractivity contribution in [3.05, 3.63) is 89.6 Å². The number of hydrogen-bond donors (Lipinski definition) is 1. The smallest absolute Gasteiger partial charge is 0.314 e. The third kappa shape index (κ3) is 4.54. The lowest BCUT2D eigenvalue weighted by Gasteiger charge is -2.39. The Labute approximate surface area is 205 Å². The van der Waals surface area contributed by atoms with Crippen LogP contribution in [-0.4, -0.2) is 47.7 Å². The first-order valence-electron chi connectivity index (χ1n) is 12.1. The first kappa shape index (κ1) is 23.1. The Morgan fingerprint density at radius 3 is 2.66 bits per heavy atom. The summed E-state index contributed by atoms with van der Waals surface area (Å²) in [6.07, 6.45) is 6.81. The normalized spacial score (nSPS) is 18.1. The number of piperidine rings is 1. The van der Waals surface area contributed by atoms with E-state index in [9.17, 15) is 9.90 Å². The zero-order valence-corrected chi connectivity index (χ0v) is 19.9. The van der Waals surface area contributed by atoms with Crippen LogP contribution in [0.3, 0.4) is 0 Å². The van der Waals surface area contributed by atoms with E-state index in [2.05, 4.69) is 22.0 Å². The van der Waals surface area contributed by atoms with Crippen LogP contribution >= 0.6 is 0 Å². The molecular weight excluding hydrogens is 440 g/mol. The van der Waals surface area contributed by atoms with Gasteiger partial charge in [0.25, 0.3) is 0 Å². The van der Waals surface area contributed by atoms with Crippen molar-refractivity contribution in [3.8, 4) is 17.4 Å². The molecule has 0 aliphatic carbocycles. The maximum absolute atomic E-state index is 12.3. The predicted molar refractivity (Wildman–Crippen MR) is 135 cm³/mol. The van der Waals surface area contributed by atoms with E-state index in [1.807, 2.05) is 54.6 Å². The van der Waals surface area contributed by atoms with Crippen LogP contribution in [0.5, 0.6) is 17.4 Å². The van der Waals surface area contributed by atoms with E-state index < -0.39 is 11.4 Å². The van der Waals surface area contributed by atoms with E-state index in [-0.39, 0.29) is 0 Å². The van der Waals surface area contributed by atoms with Crippen molar-refractivity contribution in [2.24, 2.45) is 0 Å². The number of ether oxygens (including phenoxy) is 2. The molecule has 35 heavy (non-hydrogen) atoms. The molecule has 0 atom stereocenters. The van der Waals surface area contributed by atoms with Crippen molar-refractivity contribution >= 4 is 11.5 Å². The Morgan fingerprint density at radius 1 is 1.11 bits per heavy atom. The van der Waals surface area contributed by atoms with Crippen LogP contribution in [0.25, 0.3) is 5.57 Å². The number of carbonyl (C=O) groups is 1. The van der Waals surface area contributed by atoms with Crippen LogP contribution in [-0.2, 0) is 16.6 Å². The Morgan fingerprint density at radius 2 is 1.91 bits per heavy atom. The number of pyridine rings is 1. The minimum atomic E-state index is -0.792. The Hall–Kier alpha value is -3.64. The summed E-state index contributed by atoms with van der Waals surface area (Å²) in [6.45, 7) is 2.41. The molecule has 1 saturated heterocycles. The number of aromatic nitrogens is 1. The zero-order chi connectivity index (χ0) is 24.3. The number of benzene rings is 2. The number of carboxylic acids is 1. The van der Waals surface area contributed by atoms with Gasteiger partial charge >= 0.3 is 5.97 Å². The summed E-state index contributed by atoms with van der Waals surface area (Å²) in [5.74, 6) is 1.47. The van der Waals surface area contributed by atoms with Crippen molar-refractivity contribution in [2.75, 3.05) is 26.7 Å². The Bertz CT molecular complexity index is 1230. The molecule has 0 amide bonds. The van der Waals surface area contributed by atoms with Gasteiger partial charge in [-0.1, -0.05) is 42.5 Å². The zero-order valence-electron chi connectivity index (χ0n) is 19.9. The number of hydrogen-bond acceptors (Lipinski definition) is 5. The third-order valence-corrected chi connectivity index (χ3v) is 7.28. The van der Waals surface area contributed by atoms with Crippen LogP contribution in [0.2, 0.25) is 0 Å². The molecule has 2 aromatic carbocycles. The second kappa shape index (κ2) is 9.92. The predicted octanol–water partition coefficient (Wildman–Crippen LogP) is 5.33. The lowest BCUT2D eigenvalue weighted by molar-refractivity contribution is -0.146. The van der Waals surface area contributed by atoms with Gasteiger partial charge in [-0.3, -0.25) is 4.79 Å². The highest BCUT2D eigenvalue weighted by atomic mass is 16.5. The molecular formula is C29H30N2O4. The SMILES string of the molecule is COc1cccc2c1C/C(=C/CCN1CCC(C(=O)O)(c3ccccc3)CC1)c1cccnc1O2. The van der Waals surface area contributed by atoms with Crippen molar-refractivity contribution in [3.63, 3.8) is 0 Å². The Balaban J connectivity index is 1.31. The summed E-state index contributed by atoms with van der Waals surface area (Å²) < 4.78 is 11.8. The summed E-state index contributed by atoms with van der Waals surface area (Å²) in [4.78, 5) is 19.1. The van der Waals surface area contributed by atoms with Crippen molar-refractivity contribution in [2.45, 2.75) is 31.1 Å². The maximum atomic E-state index is 12.3. The van der Waals surface area contributed by atoms with Crippen molar-refractivity contribution < 1.29 is 19.4 Å². The van der Waals surface area contributed by atoms with Crippen LogP contribution in [0.4, 0.5) is 0 Å². The van der Waals surface area contributed by atoms with Gasteiger partial charge in [0.1, 0.15) is 11.5 Å². The van der Waals surface area contributed by atoms with Gasteiger partial charge < -0.3 is 19.5 Å². The average molecular weight is 471 g/mol. The van der Waals surface area contributed by atoms with Crippen molar-refractivity contribution in [1.82, 2.24) is 9.88 Å². The molecule has 1 N–H and O–H groups in total. The molecule has 0 saturated carbocycles. The van der Waals surface area contributed by atoms with E-state index in [4.69, 9.17) is 9.47 Å². The fourth-order valence-corrected chi connectivity index (χ4v) is 5.26. The Kier molecular flexibility index (Phi) is 6.55. The molecule has 6 heteroatoms. The second-order valence-corrected chi connectivity index (χ2v) is 9.18. The van der Waals surface area contributed by atoms with Gasteiger partial charge in [-0.2, -0.15) is 0 Å². The number of allylic oxidation sites excluding steroid dienone is 1. The standard InChI is InChI=1S/C29H30N2O4/c1-34-25-12-5-13-26-24(25)20-21(23-11-6-16-30-27(23)35-26)8-7-17-31-18-14-29(15-19-31,28(32)33)22-9-3-2-4-10-22/h2-6,8-13,16H,7,14-15,17-20H2,1H3,(H,32,33)/b21-8-. The molecule has 6 nitrogen and oxygen atoms in total. The average Bonchev–Trinajstić information content (AvgIpc) is 3.06. The first-order valence-corrected chi connectivity index (χ1v) is 12.1. The highest BCUT2D eigenvalue weighted by Gasteiger charge is 2.42. The van der Waals surface area contributed by atoms with Crippen molar-refractivity contribution in [1.29, 1.82) is 0 Å². The van der Waals surface area contributed by atoms with Crippen LogP contribution in [0.1, 0.15) is 36.0 Å². The fourth-order valence-electron chi connectivity index (χ4n) is 5.26. The number of carboxylic acid groups (broad SMARTS) is 1. The van der Waals surface area contributed by atoms with E-state index in [1.54, 1.807) is 13.3 Å². The summed E-state index contributed by atoms with van der Waals surface area (Å²) in [6, 6.07) is 19.5. The molecule has 180 valence electrons. The summed E-state index contributed by atoms with van der Waals surface area (Å²) in [7, 11) is 1.68. The van der Waals surface area contributed by atoms with E-state index in [0.29, 0.717) is 25.1 Å². The minimum Gasteiger partial charge on any atom is -0.496 e. The van der Waals surface area contributed by atoms with Gasteiger partial charge in [-0.05, 0) is 67.8 Å². The molecule has 1 aromatic heterocycles. The number of likely N-dealkylation sites (tertiary alicyclic amines) is 1. The van der Waals surface area contributed by atoms with Gasteiger partial charge in [-0.25, -0.2) is 4.98 Å². The molecule has 5 rings (SSSR count). The number of methoxy groups -OCH3 is 1. The van der Waals surface area contributed by atoms with E-state index >= 15 is 0 Å². The molecule has 0 bridgehead atoms. The lowest BCUT2D eigenvalue weighted by atomic mass is 9.73. The summed E-state index contributed by atoms with van der Waals surface area (Å²) in [5, 5.41) is 10.1. The highest BCUT2D eigenvalue weighted by molar-refractivity contribution is 5.81. The van der Waals surface area contributed by atoms with Gasteiger partial charge in [0.15, 0.2) is 0 Å². The maximum Gasteiger partial charge on any atom is 0.314 e. The third-order valence-electron chi connectivity index (χ3n) is 7.28. The lowest BCUT2D eigenvalue weighted by Crippen LogP contribution is -2.47. The topological polar surface area (TPSA) is 71.9 Å². The molecule has 2 aliphatic heterocycles. The molecule has 0 unspecified atom stereocenters. The molecule has 2 aliphatic rings. The number of rotatable bonds is 6. The summed E-state index contributed by atoms with van der Waals surface area (Å²) in [5.41, 5.74) is 3.30. The fraction of sp³-hybridized carbons (Fsp3) is 0.310. The number of nitrogens with zero attached hydrogens (tertiary/aromatic N) is 2. The number of aliphatic carboxylic acids is 1. The molecule has 3 aromatic rings. The second-order valence-electron chi connectivity index (χ2n) is 9.18. The molecule has 0 spiro atoms.